The molecule has 0 radical (unpaired) electrons. The van der Waals surface area contributed by atoms with Crippen molar-refractivity contribution in [1.29, 1.82) is 0 Å². The van der Waals surface area contributed by atoms with Gasteiger partial charge in [0, 0.05) is 5.92 Å². The molecule has 0 bridgehead atoms. The Bertz CT molecular complexity index is 812. The van der Waals surface area contributed by atoms with Crippen molar-refractivity contribution in [2.75, 3.05) is 0 Å². The van der Waals surface area contributed by atoms with Gasteiger partial charge in [0.25, 0.3) is 0 Å². The van der Waals surface area contributed by atoms with Gasteiger partial charge in [-0.2, -0.15) is 0 Å². The number of fused-ring (bicyclic) bond motifs is 2. The third kappa shape index (κ3) is 2.83. The first-order chi connectivity index (χ1) is 15.0. The van der Waals surface area contributed by atoms with Crippen molar-refractivity contribution < 1.29 is 9.90 Å². The molecule has 180 valence electrons. The molecule has 0 saturated heterocycles. The Kier molecular flexibility index (Phi) is 5.37. The number of aliphatic hydroxyl groups excluding tert-OH is 1. The summed E-state index contributed by atoms with van der Waals surface area (Å²) < 4.78 is 0. The summed E-state index contributed by atoms with van der Waals surface area (Å²) in [4.78, 5) is 13.8. The molecule has 0 amide bonds. The molecular formula is C30H48O2. The number of carbonyl (C=O) groups is 1. The van der Waals surface area contributed by atoms with Crippen LogP contribution in [-0.2, 0) is 4.79 Å². The van der Waals surface area contributed by atoms with E-state index in [1.807, 2.05) is 6.08 Å². The minimum Gasteiger partial charge on any atom is -0.393 e. The molecule has 0 aromatic rings. The Morgan fingerprint density at radius 2 is 1.78 bits per heavy atom. The fourth-order valence-corrected chi connectivity index (χ4v) is 10.4. The fourth-order valence-electron chi connectivity index (χ4n) is 10.4. The maximum Gasteiger partial charge on any atom is 0.159 e. The highest BCUT2D eigenvalue weighted by Crippen LogP contribution is 2.86. The van der Waals surface area contributed by atoms with Crippen LogP contribution in [0.25, 0.3) is 0 Å². The van der Waals surface area contributed by atoms with E-state index >= 15 is 0 Å². The van der Waals surface area contributed by atoms with Gasteiger partial charge in [-0.25, -0.2) is 0 Å². The summed E-state index contributed by atoms with van der Waals surface area (Å²) in [6.45, 7) is 14.8. The van der Waals surface area contributed by atoms with Crippen molar-refractivity contribution >= 4 is 5.78 Å². The summed E-state index contributed by atoms with van der Waals surface area (Å²) in [7, 11) is 0. The van der Waals surface area contributed by atoms with Crippen LogP contribution in [-0.4, -0.2) is 17.0 Å². The summed E-state index contributed by atoms with van der Waals surface area (Å²) in [5.74, 6) is 3.80. The van der Waals surface area contributed by atoms with Gasteiger partial charge in [0.1, 0.15) is 0 Å². The summed E-state index contributed by atoms with van der Waals surface area (Å²) in [6, 6.07) is 0. The van der Waals surface area contributed by atoms with E-state index < -0.39 is 0 Å². The normalized spacial score (nSPS) is 48.9. The van der Waals surface area contributed by atoms with E-state index in [9.17, 15) is 9.90 Å². The Morgan fingerprint density at radius 3 is 2.47 bits per heavy atom. The number of hydrogen-bond donors (Lipinski definition) is 1. The van der Waals surface area contributed by atoms with Crippen LogP contribution in [0.2, 0.25) is 0 Å². The summed E-state index contributed by atoms with van der Waals surface area (Å²) in [5.41, 5.74) is 2.26. The zero-order valence-electron chi connectivity index (χ0n) is 21.7. The van der Waals surface area contributed by atoms with Gasteiger partial charge in [0.2, 0.25) is 0 Å². The molecule has 2 nitrogen and oxygen atoms in total. The van der Waals surface area contributed by atoms with Crippen LogP contribution in [0.15, 0.2) is 11.6 Å². The molecule has 5 aliphatic rings. The van der Waals surface area contributed by atoms with Crippen LogP contribution >= 0.6 is 0 Å². The molecule has 4 saturated carbocycles. The molecule has 9 unspecified atom stereocenters. The highest BCUT2D eigenvalue weighted by atomic mass is 16.3. The lowest BCUT2D eigenvalue weighted by atomic mass is 9.44. The lowest BCUT2D eigenvalue weighted by Crippen LogP contribution is -2.56. The van der Waals surface area contributed by atoms with Crippen molar-refractivity contribution in [2.24, 2.45) is 51.2 Å². The van der Waals surface area contributed by atoms with Crippen molar-refractivity contribution in [3.63, 3.8) is 0 Å². The van der Waals surface area contributed by atoms with Crippen LogP contribution in [0.3, 0.4) is 0 Å². The number of hydrogen-bond acceptors (Lipinski definition) is 2. The lowest BCUT2D eigenvalue weighted by molar-refractivity contribution is -0.146. The minimum absolute atomic E-state index is 0.144. The van der Waals surface area contributed by atoms with Crippen molar-refractivity contribution in [3.05, 3.63) is 11.6 Å². The van der Waals surface area contributed by atoms with E-state index in [0.29, 0.717) is 11.2 Å². The maximum atomic E-state index is 13.8. The molecule has 2 spiro atoms. The number of aliphatic hydroxyl groups is 1. The molecule has 0 aromatic carbocycles. The van der Waals surface area contributed by atoms with Gasteiger partial charge < -0.3 is 5.11 Å². The van der Waals surface area contributed by atoms with E-state index in [-0.39, 0.29) is 28.3 Å². The zero-order chi connectivity index (χ0) is 23.1. The molecule has 0 aliphatic heterocycles. The van der Waals surface area contributed by atoms with Gasteiger partial charge >= 0.3 is 0 Å². The van der Waals surface area contributed by atoms with Crippen molar-refractivity contribution in [1.82, 2.24) is 0 Å². The number of allylic oxidation sites excluding steroid dienone is 1. The molecule has 0 heterocycles. The van der Waals surface area contributed by atoms with E-state index in [4.69, 9.17) is 0 Å². The standard InChI is InChI=1S/C30H48O2/c1-7-21(19(2)3)9-8-20(4)24-11-12-28(6)26-25(32)17-22-16-23(31)10-13-29(22)18-30(26,29)15-14-27(24,28)5/h17,19-21,23-24,26,31H,7-16,18H2,1-6H3. The van der Waals surface area contributed by atoms with E-state index in [2.05, 4.69) is 41.5 Å². The summed E-state index contributed by atoms with van der Waals surface area (Å²) in [5, 5.41) is 10.3. The average Bonchev–Trinajstić information content (AvgIpc) is 3.29. The van der Waals surface area contributed by atoms with Crippen LogP contribution < -0.4 is 0 Å². The molecule has 32 heavy (non-hydrogen) atoms. The van der Waals surface area contributed by atoms with Gasteiger partial charge in [0.05, 0.1) is 6.10 Å². The quantitative estimate of drug-likeness (QED) is 0.469. The molecule has 0 aromatic heterocycles. The Labute approximate surface area is 197 Å². The van der Waals surface area contributed by atoms with Crippen LogP contribution in [0.4, 0.5) is 0 Å². The molecule has 5 rings (SSSR count). The predicted molar refractivity (Wildman–Crippen MR) is 131 cm³/mol. The molecule has 9 atom stereocenters. The number of rotatable bonds is 6. The van der Waals surface area contributed by atoms with E-state index in [1.54, 1.807) is 0 Å². The smallest absolute Gasteiger partial charge is 0.159 e. The number of carbonyl (C=O) groups excluding carboxylic acids is 1. The lowest BCUT2D eigenvalue weighted by Gasteiger charge is -2.59. The Morgan fingerprint density at radius 1 is 1.03 bits per heavy atom. The second-order valence-corrected chi connectivity index (χ2v) is 13.8. The third-order valence-electron chi connectivity index (χ3n) is 12.5. The Hall–Kier alpha value is -0.630. The third-order valence-corrected chi connectivity index (χ3v) is 12.5. The average molecular weight is 441 g/mol. The van der Waals surface area contributed by atoms with Crippen molar-refractivity contribution in [3.8, 4) is 0 Å². The predicted octanol–water partition coefficient (Wildman–Crippen LogP) is 7.35. The highest BCUT2D eigenvalue weighted by molar-refractivity contribution is 5.96. The molecular weight excluding hydrogens is 392 g/mol. The summed E-state index contributed by atoms with van der Waals surface area (Å²) in [6.07, 6.45) is 15.0. The van der Waals surface area contributed by atoms with Gasteiger partial charge in [-0.05, 0) is 109 Å². The Balaban J connectivity index is 1.41. The monoisotopic (exact) mass is 440 g/mol. The van der Waals surface area contributed by atoms with E-state index in [0.717, 1.165) is 42.9 Å². The minimum atomic E-state index is -0.229. The van der Waals surface area contributed by atoms with Gasteiger partial charge in [0.15, 0.2) is 5.78 Å². The van der Waals surface area contributed by atoms with E-state index in [1.165, 1.54) is 56.9 Å². The van der Waals surface area contributed by atoms with Crippen molar-refractivity contribution in [2.45, 2.75) is 118 Å². The topological polar surface area (TPSA) is 37.3 Å². The largest absolute Gasteiger partial charge is 0.393 e. The van der Waals surface area contributed by atoms with Gasteiger partial charge in [-0.1, -0.05) is 60.0 Å². The second kappa shape index (κ2) is 7.43. The molecule has 4 fully saturated rings. The van der Waals surface area contributed by atoms with Gasteiger partial charge in [-0.3, -0.25) is 4.79 Å². The molecule has 1 N–H and O–H groups in total. The van der Waals surface area contributed by atoms with Crippen LogP contribution in [0, 0.1) is 51.2 Å². The SMILES string of the molecule is CCC(CCC(C)C1CCC2(C)C3C(=O)C=C4CC(O)CCC45CC35CCC12C)C(C)C. The summed E-state index contributed by atoms with van der Waals surface area (Å²) >= 11 is 0. The first-order valence-corrected chi connectivity index (χ1v) is 14.0. The maximum absolute atomic E-state index is 13.8. The molecule has 2 heteroatoms. The fraction of sp³-hybridized carbons (Fsp3) is 0.900. The second-order valence-electron chi connectivity index (χ2n) is 13.8. The highest BCUT2D eigenvalue weighted by Gasteiger charge is 2.81. The van der Waals surface area contributed by atoms with Gasteiger partial charge in [-0.15, -0.1) is 0 Å². The zero-order valence-corrected chi connectivity index (χ0v) is 21.7. The first-order valence-electron chi connectivity index (χ1n) is 14.0. The number of ketones is 1. The molecule has 5 aliphatic carbocycles. The van der Waals surface area contributed by atoms with Crippen LogP contribution in [0.5, 0.6) is 0 Å². The van der Waals surface area contributed by atoms with Crippen LogP contribution in [0.1, 0.15) is 112 Å². The first kappa shape index (κ1) is 23.1.